The van der Waals surface area contributed by atoms with Crippen LogP contribution in [0.1, 0.15) is 4.88 Å². The second-order valence-electron chi connectivity index (χ2n) is 4.05. The minimum absolute atomic E-state index is 0. The molecule has 1 aromatic rings. The lowest BCUT2D eigenvalue weighted by molar-refractivity contribution is -0.201. The van der Waals surface area contributed by atoms with Crippen LogP contribution in [0.5, 0.6) is 0 Å². The number of aliphatic imine (C=N–C) groups is 1. The van der Waals surface area contributed by atoms with Crippen LogP contribution in [0, 0.1) is 0 Å². The minimum atomic E-state index is -4.64. The highest BCUT2D eigenvalue weighted by atomic mass is 127. The van der Waals surface area contributed by atoms with Gasteiger partial charge in [-0.3, -0.25) is 4.99 Å². The maximum absolute atomic E-state index is 12.2. The molecule has 0 bridgehead atoms. The van der Waals surface area contributed by atoms with Crippen molar-refractivity contribution in [3.8, 4) is 0 Å². The summed E-state index contributed by atoms with van der Waals surface area (Å²) in [5.74, 6) is 0.290. The van der Waals surface area contributed by atoms with Crippen LogP contribution in [-0.2, 0) is 6.54 Å². The van der Waals surface area contributed by atoms with Gasteiger partial charge in [-0.2, -0.15) is 13.2 Å². The number of nitrogens with zero attached hydrogens (tertiary/aromatic N) is 2. The molecule has 1 atom stereocenters. The van der Waals surface area contributed by atoms with Gasteiger partial charge in [0.25, 0.3) is 0 Å². The zero-order chi connectivity index (χ0) is 15.3. The molecule has 0 saturated carbocycles. The number of halogens is 5. The molecule has 0 fully saturated rings. The second-order valence-corrected chi connectivity index (χ2v) is 6.59. The zero-order valence-corrected chi connectivity index (χ0v) is 16.0. The molecule has 21 heavy (non-hydrogen) atoms. The number of aliphatic hydroxyl groups is 1. The quantitative estimate of drug-likeness (QED) is 0.379. The molecule has 0 aromatic carbocycles. The van der Waals surface area contributed by atoms with Crippen molar-refractivity contribution in [2.45, 2.75) is 18.8 Å². The minimum Gasteiger partial charge on any atom is -0.382 e. The van der Waals surface area contributed by atoms with Gasteiger partial charge in [0.15, 0.2) is 12.1 Å². The molecule has 4 nitrogen and oxygen atoms in total. The van der Waals surface area contributed by atoms with Gasteiger partial charge in [-0.15, -0.1) is 35.3 Å². The predicted octanol–water partition coefficient (Wildman–Crippen LogP) is 3.06. The summed E-state index contributed by atoms with van der Waals surface area (Å²) in [5, 5.41) is 11.4. The van der Waals surface area contributed by atoms with Crippen molar-refractivity contribution in [3.63, 3.8) is 0 Å². The van der Waals surface area contributed by atoms with E-state index >= 15 is 0 Å². The van der Waals surface area contributed by atoms with E-state index in [0.29, 0.717) is 6.54 Å². The number of guanidine groups is 1. The Hall–Kier alpha value is -0.0700. The van der Waals surface area contributed by atoms with Crippen molar-refractivity contribution >= 4 is 57.2 Å². The molecule has 0 aliphatic heterocycles. The third-order valence-corrected chi connectivity index (χ3v) is 4.04. The van der Waals surface area contributed by atoms with Crippen LogP contribution in [-0.4, -0.2) is 48.9 Å². The van der Waals surface area contributed by atoms with Crippen LogP contribution < -0.4 is 5.32 Å². The molecule has 0 aliphatic carbocycles. The number of nitrogens with one attached hydrogen (secondary N) is 1. The van der Waals surface area contributed by atoms with Gasteiger partial charge < -0.3 is 15.3 Å². The van der Waals surface area contributed by atoms with Crippen LogP contribution in [0.25, 0.3) is 0 Å². The molecular weight excluding hydrogens is 486 g/mol. The normalized spacial score (nSPS) is 13.6. The van der Waals surface area contributed by atoms with Crippen molar-refractivity contribution < 1.29 is 18.3 Å². The Balaban J connectivity index is 0.00000400. The highest BCUT2D eigenvalue weighted by Gasteiger charge is 2.38. The molecule has 0 radical (unpaired) electrons. The molecule has 0 aliphatic rings. The Labute approximate surface area is 150 Å². The van der Waals surface area contributed by atoms with Crippen molar-refractivity contribution in [3.05, 3.63) is 20.8 Å². The third-order valence-electron chi connectivity index (χ3n) is 2.43. The van der Waals surface area contributed by atoms with Gasteiger partial charge in [-0.25, -0.2) is 0 Å². The molecule has 1 rings (SSSR count). The molecular formula is C11H16BrF3IN3OS. The number of hydrogen-bond acceptors (Lipinski definition) is 3. The molecule has 0 saturated heterocycles. The van der Waals surface area contributed by atoms with Crippen LogP contribution in [0.4, 0.5) is 13.2 Å². The molecule has 122 valence electrons. The molecule has 2 N–H and O–H groups in total. The summed E-state index contributed by atoms with van der Waals surface area (Å²) < 4.78 is 37.6. The summed E-state index contributed by atoms with van der Waals surface area (Å²) in [6, 6.07) is 3.82. The van der Waals surface area contributed by atoms with E-state index < -0.39 is 18.8 Å². The second kappa shape index (κ2) is 9.16. The van der Waals surface area contributed by atoms with E-state index in [9.17, 15) is 13.2 Å². The Kier molecular flexibility index (Phi) is 9.12. The molecule has 1 unspecified atom stereocenters. The van der Waals surface area contributed by atoms with Crippen molar-refractivity contribution in [2.24, 2.45) is 4.99 Å². The lowest BCUT2D eigenvalue weighted by Gasteiger charge is -2.23. The first-order chi connectivity index (χ1) is 9.24. The van der Waals surface area contributed by atoms with Crippen molar-refractivity contribution in [1.29, 1.82) is 0 Å². The number of rotatable bonds is 4. The first-order valence-corrected chi connectivity index (χ1v) is 7.25. The van der Waals surface area contributed by atoms with Crippen molar-refractivity contribution in [2.75, 3.05) is 20.6 Å². The van der Waals surface area contributed by atoms with E-state index in [1.165, 1.54) is 18.4 Å². The number of hydrogen-bond donors (Lipinski definition) is 2. The van der Waals surface area contributed by atoms with E-state index in [0.717, 1.165) is 8.66 Å². The van der Waals surface area contributed by atoms with E-state index in [2.05, 4.69) is 26.2 Å². The number of aliphatic hydroxyl groups excluding tert-OH is 1. The summed E-state index contributed by atoms with van der Waals surface area (Å²) in [4.78, 5) is 6.61. The number of thiophene rings is 1. The zero-order valence-electron chi connectivity index (χ0n) is 11.3. The lowest BCUT2D eigenvalue weighted by atomic mass is 10.3. The summed E-state index contributed by atoms with van der Waals surface area (Å²) in [7, 11) is 3.19. The Morgan fingerprint density at radius 1 is 1.52 bits per heavy atom. The molecule has 1 heterocycles. The van der Waals surface area contributed by atoms with Gasteiger partial charge in [0.05, 0.1) is 16.9 Å². The fraction of sp³-hybridized carbons (Fsp3) is 0.545. The summed E-state index contributed by atoms with van der Waals surface area (Å²) in [6.45, 7) is -0.118. The third kappa shape index (κ3) is 7.15. The Morgan fingerprint density at radius 2 is 2.14 bits per heavy atom. The molecule has 0 spiro atoms. The molecule has 1 aromatic heterocycles. The van der Waals surface area contributed by atoms with Crippen molar-refractivity contribution in [1.82, 2.24) is 10.2 Å². The van der Waals surface area contributed by atoms with Gasteiger partial charge in [0.2, 0.25) is 0 Å². The maximum Gasteiger partial charge on any atom is 0.416 e. The monoisotopic (exact) mass is 501 g/mol. The summed E-state index contributed by atoms with van der Waals surface area (Å²) in [6.07, 6.45) is -7.05. The predicted molar refractivity (Wildman–Crippen MR) is 92.3 cm³/mol. The average molecular weight is 502 g/mol. The molecule has 0 amide bonds. The van der Waals surface area contributed by atoms with Gasteiger partial charge in [-0.05, 0) is 28.1 Å². The largest absolute Gasteiger partial charge is 0.416 e. The Bertz CT molecular complexity index is 470. The number of alkyl halides is 3. The summed E-state index contributed by atoms with van der Waals surface area (Å²) >= 11 is 4.88. The molecule has 10 heteroatoms. The van der Waals surface area contributed by atoms with Crippen LogP contribution in [0.15, 0.2) is 20.9 Å². The average Bonchev–Trinajstić information content (AvgIpc) is 2.74. The maximum atomic E-state index is 12.2. The van der Waals surface area contributed by atoms with Crippen LogP contribution in [0.3, 0.4) is 0 Å². The highest BCUT2D eigenvalue weighted by Crippen LogP contribution is 2.23. The van der Waals surface area contributed by atoms with E-state index in [4.69, 9.17) is 5.11 Å². The first-order valence-electron chi connectivity index (χ1n) is 5.64. The SMILES string of the molecule is CN=C(NCC(O)C(F)(F)F)N(C)Cc1ccc(Br)s1.I. The van der Waals surface area contributed by atoms with Gasteiger partial charge in [-0.1, -0.05) is 0 Å². The topological polar surface area (TPSA) is 47.9 Å². The Morgan fingerprint density at radius 3 is 2.57 bits per heavy atom. The van der Waals surface area contributed by atoms with E-state index in [1.54, 1.807) is 11.9 Å². The fourth-order valence-electron chi connectivity index (χ4n) is 1.43. The van der Waals surface area contributed by atoms with Crippen LogP contribution in [0.2, 0.25) is 0 Å². The standard InChI is InChI=1S/C11H15BrF3N3OS.HI/c1-16-10(17-5-8(19)11(13,14)15)18(2)6-7-3-4-9(12)20-7;/h3-4,8,19H,5-6H2,1-2H3,(H,16,17);1H. The lowest BCUT2D eigenvalue weighted by Crippen LogP contribution is -2.45. The first kappa shape index (κ1) is 20.9. The fourth-order valence-corrected chi connectivity index (χ4v) is 2.97. The van der Waals surface area contributed by atoms with Gasteiger partial charge >= 0.3 is 6.18 Å². The smallest absolute Gasteiger partial charge is 0.382 e. The van der Waals surface area contributed by atoms with Crippen LogP contribution >= 0.6 is 51.2 Å². The highest BCUT2D eigenvalue weighted by molar-refractivity contribution is 14.0. The van der Waals surface area contributed by atoms with Gasteiger partial charge in [0, 0.05) is 19.0 Å². The van der Waals surface area contributed by atoms with E-state index in [-0.39, 0.29) is 29.9 Å². The summed E-state index contributed by atoms with van der Waals surface area (Å²) in [5.41, 5.74) is 0. The van der Waals surface area contributed by atoms with E-state index in [1.807, 2.05) is 12.1 Å². The van der Waals surface area contributed by atoms with Gasteiger partial charge in [0.1, 0.15) is 0 Å².